The normalized spacial score (nSPS) is 31.9. The van der Waals surface area contributed by atoms with E-state index in [2.05, 4.69) is 13.8 Å². The number of rotatable bonds is 2. The first-order valence-electron chi connectivity index (χ1n) is 7.05. The highest BCUT2D eigenvalue weighted by molar-refractivity contribution is 5.79. The predicted molar refractivity (Wildman–Crippen MR) is 66.4 cm³/mol. The SMILES string of the molecule is CC(C)[C@@H]1CCCC(C(=O)N2CCC(F)(F)C2)C1. The van der Waals surface area contributed by atoms with Crippen molar-refractivity contribution < 1.29 is 13.6 Å². The summed E-state index contributed by atoms with van der Waals surface area (Å²) in [6.07, 6.45) is 3.84. The molecule has 0 N–H and O–H groups in total. The third-order valence-corrected chi connectivity index (χ3v) is 4.49. The third kappa shape index (κ3) is 3.01. The molecule has 0 spiro atoms. The Labute approximate surface area is 108 Å². The monoisotopic (exact) mass is 259 g/mol. The summed E-state index contributed by atoms with van der Waals surface area (Å²) in [5.74, 6) is -1.55. The van der Waals surface area contributed by atoms with Crippen LogP contribution >= 0.6 is 0 Å². The van der Waals surface area contributed by atoms with Crippen LogP contribution in [0.25, 0.3) is 0 Å². The van der Waals surface area contributed by atoms with Gasteiger partial charge in [-0.2, -0.15) is 0 Å². The van der Waals surface area contributed by atoms with Crippen molar-refractivity contribution in [3.63, 3.8) is 0 Å². The lowest BCUT2D eigenvalue weighted by Gasteiger charge is -2.33. The number of hydrogen-bond acceptors (Lipinski definition) is 1. The lowest BCUT2D eigenvalue weighted by molar-refractivity contribution is -0.137. The Morgan fingerprint density at radius 3 is 2.61 bits per heavy atom. The number of carbonyl (C=O) groups excluding carboxylic acids is 1. The van der Waals surface area contributed by atoms with E-state index >= 15 is 0 Å². The zero-order chi connectivity index (χ0) is 13.3. The van der Waals surface area contributed by atoms with E-state index in [0.717, 1.165) is 19.3 Å². The Balaban J connectivity index is 1.93. The van der Waals surface area contributed by atoms with E-state index in [-0.39, 0.29) is 31.3 Å². The maximum atomic E-state index is 13.1. The molecule has 0 aromatic carbocycles. The van der Waals surface area contributed by atoms with Crippen LogP contribution in [0.3, 0.4) is 0 Å². The van der Waals surface area contributed by atoms with E-state index in [0.29, 0.717) is 11.8 Å². The Kier molecular flexibility index (Phi) is 3.93. The molecule has 2 fully saturated rings. The lowest BCUT2D eigenvalue weighted by atomic mass is 9.76. The highest BCUT2D eigenvalue weighted by Gasteiger charge is 2.42. The second kappa shape index (κ2) is 5.14. The second-order valence-corrected chi connectivity index (χ2v) is 6.23. The molecule has 1 aliphatic carbocycles. The molecule has 0 bridgehead atoms. The van der Waals surface area contributed by atoms with Gasteiger partial charge < -0.3 is 4.90 Å². The fourth-order valence-electron chi connectivity index (χ4n) is 3.24. The minimum Gasteiger partial charge on any atom is -0.336 e. The number of nitrogens with zero attached hydrogens (tertiary/aromatic N) is 1. The average Bonchev–Trinajstić information content (AvgIpc) is 2.69. The van der Waals surface area contributed by atoms with Gasteiger partial charge in [-0.15, -0.1) is 0 Å². The summed E-state index contributed by atoms with van der Waals surface area (Å²) < 4.78 is 26.3. The van der Waals surface area contributed by atoms with Gasteiger partial charge in [-0.05, 0) is 24.7 Å². The Bertz CT molecular complexity index is 317. The second-order valence-electron chi connectivity index (χ2n) is 6.23. The molecule has 4 heteroatoms. The van der Waals surface area contributed by atoms with Crippen molar-refractivity contribution in [3.05, 3.63) is 0 Å². The molecule has 1 aliphatic heterocycles. The molecule has 0 aromatic rings. The molecule has 1 saturated heterocycles. The minimum absolute atomic E-state index is 0.0138. The number of hydrogen-bond donors (Lipinski definition) is 0. The van der Waals surface area contributed by atoms with Crippen LogP contribution in [0.4, 0.5) is 8.78 Å². The van der Waals surface area contributed by atoms with Crippen LogP contribution in [-0.2, 0) is 4.79 Å². The van der Waals surface area contributed by atoms with Gasteiger partial charge in [0.1, 0.15) is 0 Å². The molecule has 1 amide bonds. The quantitative estimate of drug-likeness (QED) is 0.745. The van der Waals surface area contributed by atoms with Gasteiger partial charge in [-0.1, -0.05) is 26.7 Å². The summed E-state index contributed by atoms with van der Waals surface area (Å²) in [6.45, 7) is 4.23. The van der Waals surface area contributed by atoms with Crippen molar-refractivity contribution in [1.82, 2.24) is 4.90 Å². The van der Waals surface area contributed by atoms with Gasteiger partial charge in [0.2, 0.25) is 5.91 Å². The molecule has 1 unspecified atom stereocenters. The summed E-state index contributed by atoms with van der Waals surface area (Å²) in [7, 11) is 0. The molecule has 104 valence electrons. The summed E-state index contributed by atoms with van der Waals surface area (Å²) in [4.78, 5) is 13.6. The first-order valence-corrected chi connectivity index (χ1v) is 7.05. The van der Waals surface area contributed by atoms with Gasteiger partial charge in [0.15, 0.2) is 0 Å². The summed E-state index contributed by atoms with van der Waals surface area (Å²) in [5, 5.41) is 0. The first kappa shape index (κ1) is 13.8. The van der Waals surface area contributed by atoms with E-state index in [1.54, 1.807) is 0 Å². The average molecular weight is 259 g/mol. The molecular weight excluding hydrogens is 236 g/mol. The molecule has 1 heterocycles. The van der Waals surface area contributed by atoms with Crippen molar-refractivity contribution in [2.75, 3.05) is 13.1 Å². The molecule has 1 saturated carbocycles. The van der Waals surface area contributed by atoms with Gasteiger partial charge >= 0.3 is 0 Å². The molecule has 2 rings (SSSR count). The topological polar surface area (TPSA) is 20.3 Å². The largest absolute Gasteiger partial charge is 0.336 e. The predicted octanol–water partition coefficient (Wildman–Crippen LogP) is 3.32. The van der Waals surface area contributed by atoms with E-state index < -0.39 is 5.92 Å². The lowest BCUT2D eigenvalue weighted by Crippen LogP contribution is -2.38. The third-order valence-electron chi connectivity index (χ3n) is 4.49. The van der Waals surface area contributed by atoms with Crippen molar-refractivity contribution in [3.8, 4) is 0 Å². The summed E-state index contributed by atoms with van der Waals surface area (Å²) in [5.41, 5.74) is 0. The Morgan fingerprint density at radius 1 is 1.33 bits per heavy atom. The Hall–Kier alpha value is -0.670. The maximum absolute atomic E-state index is 13.1. The van der Waals surface area contributed by atoms with Crippen LogP contribution in [0.1, 0.15) is 46.0 Å². The molecule has 18 heavy (non-hydrogen) atoms. The molecule has 0 aromatic heterocycles. The van der Waals surface area contributed by atoms with Gasteiger partial charge in [-0.3, -0.25) is 4.79 Å². The molecule has 2 atom stereocenters. The van der Waals surface area contributed by atoms with Gasteiger partial charge in [0, 0.05) is 18.9 Å². The van der Waals surface area contributed by atoms with Crippen LogP contribution in [0.2, 0.25) is 0 Å². The summed E-state index contributed by atoms with van der Waals surface area (Å²) >= 11 is 0. The number of carbonyl (C=O) groups is 1. The van der Waals surface area contributed by atoms with E-state index in [1.807, 2.05) is 0 Å². The van der Waals surface area contributed by atoms with Gasteiger partial charge in [0.05, 0.1) is 6.54 Å². The Morgan fingerprint density at radius 2 is 2.06 bits per heavy atom. The van der Waals surface area contributed by atoms with Crippen LogP contribution in [0.15, 0.2) is 0 Å². The van der Waals surface area contributed by atoms with Crippen molar-refractivity contribution in [2.24, 2.45) is 17.8 Å². The maximum Gasteiger partial charge on any atom is 0.267 e. The highest BCUT2D eigenvalue weighted by Crippen LogP contribution is 2.36. The number of amides is 1. The van der Waals surface area contributed by atoms with Gasteiger partial charge in [-0.25, -0.2) is 8.78 Å². The zero-order valence-corrected chi connectivity index (χ0v) is 11.3. The fourth-order valence-corrected chi connectivity index (χ4v) is 3.24. The van der Waals surface area contributed by atoms with E-state index in [9.17, 15) is 13.6 Å². The minimum atomic E-state index is -2.66. The highest BCUT2D eigenvalue weighted by atomic mass is 19.3. The number of likely N-dealkylation sites (tertiary alicyclic amines) is 1. The summed E-state index contributed by atoms with van der Waals surface area (Å²) in [6, 6.07) is 0. The van der Waals surface area contributed by atoms with Crippen molar-refractivity contribution in [2.45, 2.75) is 51.9 Å². The van der Waals surface area contributed by atoms with Crippen LogP contribution in [0.5, 0.6) is 0 Å². The van der Waals surface area contributed by atoms with Crippen LogP contribution < -0.4 is 0 Å². The van der Waals surface area contributed by atoms with E-state index in [1.165, 1.54) is 11.3 Å². The van der Waals surface area contributed by atoms with E-state index in [4.69, 9.17) is 0 Å². The van der Waals surface area contributed by atoms with Crippen molar-refractivity contribution in [1.29, 1.82) is 0 Å². The first-order chi connectivity index (χ1) is 8.39. The molecule has 0 radical (unpaired) electrons. The number of halogens is 2. The molecule has 2 aliphatic rings. The fraction of sp³-hybridized carbons (Fsp3) is 0.929. The van der Waals surface area contributed by atoms with Crippen molar-refractivity contribution >= 4 is 5.91 Å². The number of alkyl halides is 2. The van der Waals surface area contributed by atoms with Gasteiger partial charge in [0.25, 0.3) is 5.92 Å². The standard InChI is InChI=1S/C14H23F2NO/c1-10(2)11-4-3-5-12(8-11)13(18)17-7-6-14(15,16)9-17/h10-12H,3-9H2,1-2H3/t11-,12?/m1/s1. The van der Waals surface area contributed by atoms with Crippen LogP contribution in [-0.4, -0.2) is 29.8 Å². The molecular formula is C14H23F2NO. The van der Waals surface area contributed by atoms with Crippen LogP contribution in [0, 0.1) is 17.8 Å². The smallest absolute Gasteiger partial charge is 0.267 e. The molecule has 2 nitrogen and oxygen atoms in total. The zero-order valence-electron chi connectivity index (χ0n) is 11.3.